The lowest BCUT2D eigenvalue weighted by atomic mass is 10.0. The molecule has 1 aromatic heterocycles. The van der Waals surface area contributed by atoms with Crippen LogP contribution in [0.2, 0.25) is 5.02 Å². The zero-order chi connectivity index (χ0) is 12.6. The Morgan fingerprint density at radius 3 is 2.65 bits per heavy atom. The molecule has 0 saturated carbocycles. The minimum absolute atomic E-state index is 0.564. The Balaban J connectivity index is 2.69. The number of hydrogen-bond donors (Lipinski definition) is 1. The number of rotatable bonds is 1. The van der Waals surface area contributed by atoms with E-state index in [2.05, 4.69) is 6.07 Å². The highest BCUT2D eigenvalue weighted by atomic mass is 35.5. The number of aryl methyl sites for hydroxylation is 2. The van der Waals surface area contributed by atoms with E-state index >= 15 is 0 Å². The van der Waals surface area contributed by atoms with Gasteiger partial charge in [0, 0.05) is 15.5 Å². The molecule has 0 aliphatic heterocycles. The van der Waals surface area contributed by atoms with Crippen molar-refractivity contribution in [2.24, 2.45) is 0 Å². The summed E-state index contributed by atoms with van der Waals surface area (Å²) in [6.07, 6.45) is 0. The van der Waals surface area contributed by atoms with Crippen molar-refractivity contribution in [2.75, 3.05) is 5.73 Å². The fourth-order valence-corrected chi connectivity index (χ4v) is 2.84. The van der Waals surface area contributed by atoms with Crippen LogP contribution in [0.25, 0.3) is 11.1 Å². The number of nitrogen functional groups attached to an aromatic ring is 1. The second kappa shape index (κ2) is 4.40. The highest BCUT2D eigenvalue weighted by molar-refractivity contribution is 7.16. The highest BCUT2D eigenvalue weighted by Gasteiger charge is 2.15. The lowest BCUT2D eigenvalue weighted by Crippen LogP contribution is -1.87. The number of hydrogen-bond acceptors (Lipinski definition) is 3. The third kappa shape index (κ3) is 2.02. The van der Waals surface area contributed by atoms with Gasteiger partial charge in [0.15, 0.2) is 0 Å². The van der Waals surface area contributed by atoms with Gasteiger partial charge in [-0.15, -0.1) is 11.3 Å². The van der Waals surface area contributed by atoms with Crippen molar-refractivity contribution >= 4 is 27.9 Å². The Kier molecular flexibility index (Phi) is 3.10. The van der Waals surface area contributed by atoms with Crippen LogP contribution in [0, 0.1) is 25.2 Å². The van der Waals surface area contributed by atoms with Gasteiger partial charge in [-0.25, -0.2) is 0 Å². The number of nitriles is 1. The van der Waals surface area contributed by atoms with Gasteiger partial charge in [0.25, 0.3) is 0 Å². The molecule has 2 aromatic rings. The van der Waals surface area contributed by atoms with E-state index in [9.17, 15) is 0 Å². The summed E-state index contributed by atoms with van der Waals surface area (Å²) in [6.45, 7) is 3.92. The largest absolute Gasteiger partial charge is 0.389 e. The number of nitrogens with zero attached hydrogens (tertiary/aromatic N) is 1. The van der Waals surface area contributed by atoms with Gasteiger partial charge in [-0.1, -0.05) is 17.7 Å². The Hall–Kier alpha value is -1.50. The van der Waals surface area contributed by atoms with E-state index < -0.39 is 0 Å². The van der Waals surface area contributed by atoms with Crippen LogP contribution in [0.4, 0.5) is 5.00 Å². The van der Waals surface area contributed by atoms with Gasteiger partial charge in [-0.2, -0.15) is 5.26 Å². The third-order valence-electron chi connectivity index (χ3n) is 2.67. The molecule has 17 heavy (non-hydrogen) atoms. The van der Waals surface area contributed by atoms with Crippen LogP contribution in [-0.2, 0) is 0 Å². The van der Waals surface area contributed by atoms with Crippen LogP contribution in [0.3, 0.4) is 0 Å². The second-order valence-electron chi connectivity index (χ2n) is 3.85. The van der Waals surface area contributed by atoms with Crippen molar-refractivity contribution in [1.29, 1.82) is 5.26 Å². The van der Waals surface area contributed by atoms with Crippen molar-refractivity contribution in [3.8, 4) is 17.2 Å². The van der Waals surface area contributed by atoms with Crippen LogP contribution in [-0.4, -0.2) is 0 Å². The molecule has 0 atom stereocenters. The smallest absolute Gasteiger partial charge is 0.105 e. The number of nitrogens with two attached hydrogens (primary N) is 1. The van der Waals surface area contributed by atoms with Crippen LogP contribution >= 0.6 is 22.9 Å². The van der Waals surface area contributed by atoms with E-state index in [0.717, 1.165) is 26.6 Å². The van der Waals surface area contributed by atoms with Crippen LogP contribution in [0.1, 0.15) is 16.0 Å². The summed E-state index contributed by atoms with van der Waals surface area (Å²) >= 11 is 7.45. The van der Waals surface area contributed by atoms with Gasteiger partial charge in [-0.05, 0) is 37.1 Å². The summed E-state index contributed by atoms with van der Waals surface area (Å²) in [5.41, 5.74) is 9.31. The van der Waals surface area contributed by atoms with E-state index in [4.69, 9.17) is 22.6 Å². The molecule has 0 amide bonds. The lowest BCUT2D eigenvalue weighted by Gasteiger charge is -2.04. The fourth-order valence-electron chi connectivity index (χ4n) is 1.83. The maximum Gasteiger partial charge on any atom is 0.105 e. The molecule has 4 heteroatoms. The van der Waals surface area contributed by atoms with Crippen molar-refractivity contribution in [1.82, 2.24) is 0 Å². The lowest BCUT2D eigenvalue weighted by molar-refractivity contribution is 1.45. The van der Waals surface area contributed by atoms with Crippen molar-refractivity contribution in [3.05, 3.63) is 39.2 Å². The minimum Gasteiger partial charge on any atom is -0.389 e. The molecular formula is C13H11ClN2S. The zero-order valence-corrected chi connectivity index (χ0v) is 11.1. The Morgan fingerprint density at radius 1 is 1.35 bits per heavy atom. The Morgan fingerprint density at radius 2 is 2.06 bits per heavy atom. The molecule has 2 N–H and O–H groups in total. The first-order valence-electron chi connectivity index (χ1n) is 5.10. The molecule has 1 aromatic carbocycles. The van der Waals surface area contributed by atoms with Gasteiger partial charge < -0.3 is 5.73 Å². The highest BCUT2D eigenvalue weighted by Crippen LogP contribution is 2.38. The molecule has 86 valence electrons. The molecule has 0 unspecified atom stereocenters. The van der Waals surface area contributed by atoms with Crippen LogP contribution in [0.15, 0.2) is 18.2 Å². The van der Waals surface area contributed by atoms with Gasteiger partial charge in [0.1, 0.15) is 11.1 Å². The molecule has 0 aliphatic carbocycles. The standard InChI is InChI=1S/C13H11ClN2S/c1-7-5-9(3-4-11(7)14)12-8(2)17-13(16)10(12)6-15/h3-5H,16H2,1-2H3. The molecule has 0 spiro atoms. The van der Waals surface area contributed by atoms with Crippen molar-refractivity contribution in [2.45, 2.75) is 13.8 Å². The van der Waals surface area contributed by atoms with E-state index in [1.807, 2.05) is 32.0 Å². The number of thiophene rings is 1. The molecule has 0 saturated heterocycles. The van der Waals surface area contributed by atoms with Gasteiger partial charge >= 0.3 is 0 Å². The summed E-state index contributed by atoms with van der Waals surface area (Å²) < 4.78 is 0. The number of benzene rings is 1. The van der Waals surface area contributed by atoms with Gasteiger partial charge in [-0.3, -0.25) is 0 Å². The summed E-state index contributed by atoms with van der Waals surface area (Å²) in [5, 5.41) is 10.5. The quantitative estimate of drug-likeness (QED) is 0.840. The Bertz CT molecular complexity index is 623. The molecule has 2 nitrogen and oxygen atoms in total. The average molecular weight is 263 g/mol. The first-order valence-corrected chi connectivity index (χ1v) is 6.29. The van der Waals surface area contributed by atoms with Gasteiger partial charge in [0.2, 0.25) is 0 Å². The van der Waals surface area contributed by atoms with Crippen molar-refractivity contribution < 1.29 is 0 Å². The van der Waals surface area contributed by atoms with E-state index in [1.165, 1.54) is 11.3 Å². The van der Waals surface area contributed by atoms with E-state index in [-0.39, 0.29) is 0 Å². The van der Waals surface area contributed by atoms with Crippen molar-refractivity contribution in [3.63, 3.8) is 0 Å². The number of anilines is 1. The summed E-state index contributed by atoms with van der Waals surface area (Å²) in [5.74, 6) is 0. The zero-order valence-electron chi connectivity index (χ0n) is 9.54. The minimum atomic E-state index is 0.564. The molecule has 0 radical (unpaired) electrons. The maximum atomic E-state index is 9.15. The summed E-state index contributed by atoms with van der Waals surface area (Å²) in [6, 6.07) is 7.92. The monoisotopic (exact) mass is 262 g/mol. The Labute approximate surface area is 109 Å². The second-order valence-corrected chi connectivity index (χ2v) is 5.51. The summed E-state index contributed by atoms with van der Waals surface area (Å²) in [4.78, 5) is 1.06. The fraction of sp³-hybridized carbons (Fsp3) is 0.154. The molecule has 0 aliphatic rings. The van der Waals surface area contributed by atoms with Crippen LogP contribution < -0.4 is 5.73 Å². The van der Waals surface area contributed by atoms with E-state index in [1.54, 1.807) is 0 Å². The first-order chi connectivity index (χ1) is 8.04. The predicted octanol–water partition coefficient (Wildman–Crippen LogP) is 4.14. The summed E-state index contributed by atoms with van der Waals surface area (Å²) in [7, 11) is 0. The molecule has 0 fully saturated rings. The average Bonchev–Trinajstić information content (AvgIpc) is 2.57. The predicted molar refractivity (Wildman–Crippen MR) is 73.4 cm³/mol. The third-order valence-corrected chi connectivity index (χ3v) is 4.03. The maximum absolute atomic E-state index is 9.15. The normalized spacial score (nSPS) is 10.2. The van der Waals surface area contributed by atoms with E-state index in [0.29, 0.717) is 10.6 Å². The molecule has 1 heterocycles. The molecule has 0 bridgehead atoms. The van der Waals surface area contributed by atoms with Crippen LogP contribution in [0.5, 0.6) is 0 Å². The first kappa shape index (κ1) is 12.0. The van der Waals surface area contributed by atoms with Gasteiger partial charge in [0.05, 0.1) is 5.56 Å². The topological polar surface area (TPSA) is 49.8 Å². The molecular weight excluding hydrogens is 252 g/mol. The SMILES string of the molecule is Cc1cc(-c2c(C)sc(N)c2C#N)ccc1Cl. The number of halogens is 1. The molecule has 2 rings (SSSR count).